The lowest BCUT2D eigenvalue weighted by molar-refractivity contribution is -0.139. The fourth-order valence-electron chi connectivity index (χ4n) is 3.15. The molecule has 0 spiro atoms. The first kappa shape index (κ1) is 17.0. The van der Waals surface area contributed by atoms with Gasteiger partial charge in [0.05, 0.1) is 5.60 Å². The summed E-state index contributed by atoms with van der Waals surface area (Å²) in [5.74, 6) is -0.341. The fourth-order valence-corrected chi connectivity index (χ4v) is 3.15. The summed E-state index contributed by atoms with van der Waals surface area (Å²) in [7, 11) is 0. The molecule has 1 aromatic carbocycles. The Morgan fingerprint density at radius 1 is 1.18 bits per heavy atom. The standard InChI is InChI=1S/C18H27NO3/c1-12(2)14-4-6-15(7-5-14)18(22)10-8-16(9-11-18)19-13(3)17(20)21/h4-7,12-13,16,19,22H,8-11H2,1-3H3,(H,20,21)/t13-,16?,18?/m1/s1. The van der Waals surface area contributed by atoms with Crippen molar-refractivity contribution in [2.75, 3.05) is 0 Å². The van der Waals surface area contributed by atoms with Crippen LogP contribution in [0.2, 0.25) is 0 Å². The molecule has 22 heavy (non-hydrogen) atoms. The Bertz CT molecular complexity index is 502. The van der Waals surface area contributed by atoms with Crippen molar-refractivity contribution in [1.29, 1.82) is 0 Å². The maximum absolute atomic E-state index is 10.9. The van der Waals surface area contributed by atoms with Gasteiger partial charge in [0.2, 0.25) is 0 Å². The van der Waals surface area contributed by atoms with E-state index in [0.29, 0.717) is 18.8 Å². The SMILES string of the molecule is CC(C)c1ccc(C2(O)CCC(N[C@H](C)C(=O)O)CC2)cc1. The summed E-state index contributed by atoms with van der Waals surface area (Å²) in [4.78, 5) is 10.9. The van der Waals surface area contributed by atoms with Gasteiger partial charge in [-0.1, -0.05) is 38.1 Å². The van der Waals surface area contributed by atoms with Crippen molar-refractivity contribution in [3.05, 3.63) is 35.4 Å². The lowest BCUT2D eigenvalue weighted by atomic mass is 9.77. The highest BCUT2D eigenvalue weighted by Crippen LogP contribution is 2.37. The molecule has 0 amide bonds. The number of nitrogens with one attached hydrogen (secondary N) is 1. The van der Waals surface area contributed by atoms with E-state index in [1.54, 1.807) is 6.92 Å². The summed E-state index contributed by atoms with van der Waals surface area (Å²) in [6, 6.07) is 7.87. The van der Waals surface area contributed by atoms with Gasteiger partial charge in [-0.25, -0.2) is 0 Å². The fraction of sp³-hybridized carbons (Fsp3) is 0.611. The largest absolute Gasteiger partial charge is 0.480 e. The number of carbonyl (C=O) groups is 1. The van der Waals surface area contributed by atoms with Gasteiger partial charge in [0.1, 0.15) is 6.04 Å². The van der Waals surface area contributed by atoms with Gasteiger partial charge in [-0.05, 0) is 49.7 Å². The molecule has 4 heteroatoms. The number of hydrogen-bond acceptors (Lipinski definition) is 3. The molecular formula is C18H27NO3. The third-order valence-corrected chi connectivity index (χ3v) is 4.78. The molecule has 0 heterocycles. The zero-order valence-electron chi connectivity index (χ0n) is 13.7. The molecule has 1 aliphatic carbocycles. The van der Waals surface area contributed by atoms with Crippen molar-refractivity contribution in [2.24, 2.45) is 0 Å². The van der Waals surface area contributed by atoms with Crippen molar-refractivity contribution >= 4 is 5.97 Å². The number of carboxylic acid groups (broad SMARTS) is 1. The van der Waals surface area contributed by atoms with Crippen LogP contribution in [0, 0.1) is 0 Å². The first-order chi connectivity index (χ1) is 10.3. The molecule has 122 valence electrons. The summed E-state index contributed by atoms with van der Waals surface area (Å²) in [6.07, 6.45) is 2.91. The Morgan fingerprint density at radius 3 is 2.18 bits per heavy atom. The average Bonchev–Trinajstić information content (AvgIpc) is 2.49. The van der Waals surface area contributed by atoms with E-state index in [-0.39, 0.29) is 6.04 Å². The molecule has 3 N–H and O–H groups in total. The second-order valence-corrected chi connectivity index (χ2v) is 6.81. The van der Waals surface area contributed by atoms with Crippen LogP contribution in [0.3, 0.4) is 0 Å². The Balaban J connectivity index is 1.98. The number of hydrogen-bond donors (Lipinski definition) is 3. The predicted molar refractivity (Wildman–Crippen MR) is 86.9 cm³/mol. The predicted octanol–water partition coefficient (Wildman–Crippen LogP) is 3.00. The van der Waals surface area contributed by atoms with Gasteiger partial charge in [-0.15, -0.1) is 0 Å². The van der Waals surface area contributed by atoms with E-state index < -0.39 is 17.6 Å². The lowest BCUT2D eigenvalue weighted by Gasteiger charge is -2.37. The van der Waals surface area contributed by atoms with Crippen LogP contribution in [0.1, 0.15) is 63.5 Å². The van der Waals surface area contributed by atoms with Gasteiger partial charge < -0.3 is 15.5 Å². The molecule has 0 aromatic heterocycles. The molecule has 0 radical (unpaired) electrons. The molecule has 0 saturated heterocycles. The summed E-state index contributed by atoms with van der Waals surface area (Å²) in [5.41, 5.74) is 1.47. The number of aliphatic hydroxyl groups is 1. The van der Waals surface area contributed by atoms with Crippen LogP contribution in [0.5, 0.6) is 0 Å². The van der Waals surface area contributed by atoms with Crippen LogP contribution < -0.4 is 5.32 Å². The first-order valence-electron chi connectivity index (χ1n) is 8.13. The Kier molecular flexibility index (Phi) is 5.24. The lowest BCUT2D eigenvalue weighted by Crippen LogP contribution is -2.45. The van der Waals surface area contributed by atoms with E-state index in [1.165, 1.54) is 5.56 Å². The minimum absolute atomic E-state index is 0.168. The van der Waals surface area contributed by atoms with Crippen LogP contribution >= 0.6 is 0 Å². The van der Waals surface area contributed by atoms with Gasteiger partial charge in [0.15, 0.2) is 0 Å². The normalized spacial score (nSPS) is 26.9. The van der Waals surface area contributed by atoms with Crippen LogP contribution in [0.15, 0.2) is 24.3 Å². The van der Waals surface area contributed by atoms with Crippen molar-refractivity contribution in [3.8, 4) is 0 Å². The molecule has 2 rings (SSSR count). The zero-order valence-corrected chi connectivity index (χ0v) is 13.7. The molecule has 0 unspecified atom stereocenters. The maximum atomic E-state index is 10.9. The van der Waals surface area contributed by atoms with Gasteiger partial charge in [0.25, 0.3) is 0 Å². The molecule has 1 saturated carbocycles. The summed E-state index contributed by atoms with van der Waals surface area (Å²) in [5, 5.41) is 23.0. The molecule has 1 aromatic rings. The maximum Gasteiger partial charge on any atom is 0.320 e. The second-order valence-electron chi connectivity index (χ2n) is 6.81. The molecule has 1 aliphatic rings. The number of carboxylic acids is 1. The first-order valence-corrected chi connectivity index (χ1v) is 8.13. The smallest absolute Gasteiger partial charge is 0.320 e. The van der Waals surface area contributed by atoms with E-state index >= 15 is 0 Å². The highest BCUT2D eigenvalue weighted by atomic mass is 16.4. The average molecular weight is 305 g/mol. The highest BCUT2D eigenvalue weighted by molar-refractivity contribution is 5.72. The van der Waals surface area contributed by atoms with E-state index in [9.17, 15) is 9.90 Å². The van der Waals surface area contributed by atoms with Gasteiger partial charge in [0, 0.05) is 6.04 Å². The van der Waals surface area contributed by atoms with E-state index in [4.69, 9.17) is 5.11 Å². The third kappa shape index (κ3) is 3.87. The minimum atomic E-state index is -0.829. The second kappa shape index (κ2) is 6.80. The van der Waals surface area contributed by atoms with Crippen molar-refractivity contribution in [3.63, 3.8) is 0 Å². The molecule has 4 nitrogen and oxygen atoms in total. The Labute approximate surface area is 132 Å². The van der Waals surface area contributed by atoms with Crippen molar-refractivity contribution < 1.29 is 15.0 Å². The molecule has 1 fully saturated rings. The van der Waals surface area contributed by atoms with E-state index in [0.717, 1.165) is 18.4 Å². The Hall–Kier alpha value is -1.39. The van der Waals surface area contributed by atoms with Crippen molar-refractivity contribution in [1.82, 2.24) is 5.32 Å². The minimum Gasteiger partial charge on any atom is -0.480 e. The van der Waals surface area contributed by atoms with Gasteiger partial charge in [-0.2, -0.15) is 0 Å². The highest BCUT2D eigenvalue weighted by Gasteiger charge is 2.35. The summed E-state index contributed by atoms with van der Waals surface area (Å²) < 4.78 is 0. The van der Waals surface area contributed by atoms with Gasteiger partial charge >= 0.3 is 5.97 Å². The molecule has 0 aliphatic heterocycles. The van der Waals surface area contributed by atoms with E-state index in [2.05, 4.69) is 31.3 Å². The monoisotopic (exact) mass is 305 g/mol. The molecular weight excluding hydrogens is 278 g/mol. The van der Waals surface area contributed by atoms with Crippen LogP contribution in [0.4, 0.5) is 0 Å². The number of rotatable bonds is 5. The zero-order chi connectivity index (χ0) is 16.3. The van der Waals surface area contributed by atoms with Crippen LogP contribution in [-0.2, 0) is 10.4 Å². The summed E-state index contributed by atoms with van der Waals surface area (Å²) >= 11 is 0. The van der Waals surface area contributed by atoms with E-state index in [1.807, 2.05) is 12.1 Å². The number of aliphatic carboxylic acids is 1. The third-order valence-electron chi connectivity index (χ3n) is 4.78. The molecule has 1 atom stereocenters. The number of benzene rings is 1. The van der Waals surface area contributed by atoms with Gasteiger partial charge in [-0.3, -0.25) is 4.79 Å². The van der Waals surface area contributed by atoms with Crippen LogP contribution in [0.25, 0.3) is 0 Å². The molecule has 0 bridgehead atoms. The quantitative estimate of drug-likeness (QED) is 0.782. The summed E-state index contributed by atoms with van der Waals surface area (Å²) in [6.45, 7) is 5.97. The topological polar surface area (TPSA) is 69.6 Å². The van der Waals surface area contributed by atoms with Crippen molar-refractivity contribution in [2.45, 2.75) is 70.1 Å². The Morgan fingerprint density at radius 2 is 1.73 bits per heavy atom. The van der Waals surface area contributed by atoms with Crippen LogP contribution in [-0.4, -0.2) is 28.3 Å².